The van der Waals surface area contributed by atoms with Gasteiger partial charge in [-0.3, -0.25) is 4.79 Å². The van der Waals surface area contributed by atoms with E-state index in [1.807, 2.05) is 5.38 Å². The van der Waals surface area contributed by atoms with E-state index in [0.29, 0.717) is 18.2 Å². The molecule has 1 aromatic carbocycles. The highest BCUT2D eigenvalue weighted by molar-refractivity contribution is 7.13. The van der Waals surface area contributed by atoms with Gasteiger partial charge in [-0.25, -0.2) is 4.98 Å². The van der Waals surface area contributed by atoms with Gasteiger partial charge in [0.25, 0.3) is 5.91 Å². The molecule has 1 fully saturated rings. The molecular weight excluding hydrogens is 365 g/mol. The Labute approximate surface area is 159 Å². The summed E-state index contributed by atoms with van der Waals surface area (Å²) in [5.74, 6) is 0.510. The quantitative estimate of drug-likeness (QED) is 0.866. The fourth-order valence-electron chi connectivity index (χ4n) is 2.65. The molecule has 4 nitrogen and oxygen atoms in total. The van der Waals surface area contributed by atoms with Crippen molar-refractivity contribution in [3.05, 3.63) is 40.9 Å². The summed E-state index contributed by atoms with van der Waals surface area (Å²) in [5, 5.41) is 2.74. The zero-order valence-electron chi connectivity index (χ0n) is 13.8. The van der Waals surface area contributed by atoms with Crippen LogP contribution in [0, 0.1) is 0 Å². The van der Waals surface area contributed by atoms with Crippen LogP contribution in [0.4, 0.5) is 0 Å². The van der Waals surface area contributed by atoms with Gasteiger partial charge in [0.05, 0.1) is 0 Å². The Morgan fingerprint density at radius 3 is 2.50 bits per heavy atom. The molecule has 1 aliphatic heterocycles. The number of likely N-dealkylation sites (tertiary alicyclic amines) is 1. The minimum absolute atomic E-state index is 0. The lowest BCUT2D eigenvalue weighted by molar-refractivity contribution is 0.0786. The molecule has 1 unspecified atom stereocenters. The van der Waals surface area contributed by atoms with Gasteiger partial charge in [-0.1, -0.05) is 38.1 Å². The lowest BCUT2D eigenvalue weighted by Crippen LogP contribution is -2.32. The number of carbonyl (C=O) groups is 1. The third-order valence-electron chi connectivity index (χ3n) is 4.06. The van der Waals surface area contributed by atoms with Crippen LogP contribution in [0.3, 0.4) is 0 Å². The number of hydrogen-bond acceptors (Lipinski definition) is 4. The highest BCUT2D eigenvalue weighted by atomic mass is 35.5. The molecule has 0 saturated carbocycles. The lowest BCUT2D eigenvalue weighted by atomic mass is 10.0. The van der Waals surface area contributed by atoms with E-state index in [4.69, 9.17) is 5.73 Å². The molecule has 0 aliphatic carbocycles. The van der Waals surface area contributed by atoms with E-state index in [1.165, 1.54) is 16.9 Å². The smallest absolute Gasteiger partial charge is 0.273 e. The Bertz CT molecular complexity index is 673. The zero-order valence-corrected chi connectivity index (χ0v) is 16.2. The second-order valence-electron chi connectivity index (χ2n) is 6.11. The second kappa shape index (κ2) is 8.81. The standard InChI is InChI=1S/C17H21N3OS.2ClH/c1-11(2)12-3-5-13(6-4-12)16-19-15(10-22-16)17(21)20-8-7-14(18)9-20;;/h3-6,10-11,14H,7-9,18H2,1-2H3;2*1H. The van der Waals surface area contributed by atoms with Crippen LogP contribution in [0.15, 0.2) is 29.6 Å². The number of nitrogens with two attached hydrogens (primary N) is 1. The Hall–Kier alpha value is -1.14. The van der Waals surface area contributed by atoms with Gasteiger partial charge in [0, 0.05) is 30.1 Å². The van der Waals surface area contributed by atoms with Crippen LogP contribution in [-0.2, 0) is 0 Å². The number of hydrogen-bond donors (Lipinski definition) is 1. The number of carbonyl (C=O) groups excluding carboxylic acids is 1. The summed E-state index contributed by atoms with van der Waals surface area (Å²) in [6, 6.07) is 8.51. The van der Waals surface area contributed by atoms with Gasteiger partial charge in [0.2, 0.25) is 0 Å². The molecule has 0 bridgehead atoms. The molecule has 1 amide bonds. The molecule has 2 aromatic rings. The predicted molar refractivity (Wildman–Crippen MR) is 105 cm³/mol. The molecule has 2 N–H and O–H groups in total. The van der Waals surface area contributed by atoms with Crippen LogP contribution in [0.2, 0.25) is 0 Å². The molecule has 0 spiro atoms. The van der Waals surface area contributed by atoms with Crippen molar-refractivity contribution in [2.75, 3.05) is 13.1 Å². The highest BCUT2D eigenvalue weighted by Crippen LogP contribution is 2.26. The van der Waals surface area contributed by atoms with Gasteiger partial charge in [-0.05, 0) is 17.9 Å². The predicted octanol–water partition coefficient (Wildman–Crippen LogP) is 3.95. The molecule has 1 saturated heterocycles. The van der Waals surface area contributed by atoms with Crippen LogP contribution in [0.1, 0.15) is 42.2 Å². The first-order chi connectivity index (χ1) is 10.5. The summed E-state index contributed by atoms with van der Waals surface area (Å²) in [6.07, 6.45) is 0.874. The van der Waals surface area contributed by atoms with Crippen LogP contribution in [0.5, 0.6) is 0 Å². The molecule has 3 rings (SSSR count). The first kappa shape index (κ1) is 20.9. The van der Waals surface area contributed by atoms with Gasteiger partial charge < -0.3 is 10.6 Å². The van der Waals surface area contributed by atoms with Crippen molar-refractivity contribution in [2.45, 2.75) is 32.2 Å². The Morgan fingerprint density at radius 1 is 1.29 bits per heavy atom. The maximum Gasteiger partial charge on any atom is 0.273 e. The van der Waals surface area contributed by atoms with E-state index in [9.17, 15) is 4.79 Å². The van der Waals surface area contributed by atoms with Crippen molar-refractivity contribution in [3.8, 4) is 10.6 Å². The molecular formula is C17H23Cl2N3OS. The number of halogens is 2. The summed E-state index contributed by atoms with van der Waals surface area (Å²) in [7, 11) is 0. The lowest BCUT2D eigenvalue weighted by Gasteiger charge is -2.13. The summed E-state index contributed by atoms with van der Waals surface area (Å²) in [5.41, 5.74) is 8.76. The van der Waals surface area contributed by atoms with Crippen LogP contribution in [-0.4, -0.2) is 34.9 Å². The van der Waals surface area contributed by atoms with Crippen molar-refractivity contribution in [2.24, 2.45) is 5.73 Å². The van der Waals surface area contributed by atoms with Gasteiger partial charge >= 0.3 is 0 Å². The summed E-state index contributed by atoms with van der Waals surface area (Å²) in [6.45, 7) is 5.72. The Morgan fingerprint density at radius 2 is 1.96 bits per heavy atom. The second-order valence-corrected chi connectivity index (χ2v) is 6.97. The Balaban J connectivity index is 0.00000144. The largest absolute Gasteiger partial charge is 0.336 e. The normalized spacial score (nSPS) is 16.7. The fraction of sp³-hybridized carbons (Fsp3) is 0.412. The SMILES string of the molecule is CC(C)c1ccc(-c2nc(C(=O)N3CCC(N)C3)cs2)cc1.Cl.Cl. The molecule has 24 heavy (non-hydrogen) atoms. The molecule has 0 radical (unpaired) electrons. The van der Waals surface area contributed by atoms with Crippen molar-refractivity contribution in [1.29, 1.82) is 0 Å². The first-order valence-corrected chi connectivity index (χ1v) is 8.53. The maximum atomic E-state index is 12.4. The Kier molecular flexibility index (Phi) is 7.67. The average molecular weight is 388 g/mol. The van der Waals surface area contributed by atoms with E-state index in [2.05, 4.69) is 43.1 Å². The first-order valence-electron chi connectivity index (χ1n) is 7.65. The summed E-state index contributed by atoms with van der Waals surface area (Å²) < 4.78 is 0. The fourth-order valence-corrected chi connectivity index (χ4v) is 3.45. The topological polar surface area (TPSA) is 59.2 Å². The van der Waals surface area contributed by atoms with Gasteiger partial charge in [0.1, 0.15) is 10.7 Å². The van der Waals surface area contributed by atoms with Crippen molar-refractivity contribution in [1.82, 2.24) is 9.88 Å². The minimum atomic E-state index is -0.00532. The summed E-state index contributed by atoms with van der Waals surface area (Å²) >= 11 is 1.51. The van der Waals surface area contributed by atoms with E-state index < -0.39 is 0 Å². The van der Waals surface area contributed by atoms with Crippen LogP contribution >= 0.6 is 36.2 Å². The van der Waals surface area contributed by atoms with Gasteiger partial charge in [0.15, 0.2) is 0 Å². The van der Waals surface area contributed by atoms with Gasteiger partial charge in [-0.15, -0.1) is 36.2 Å². The third kappa shape index (κ3) is 4.48. The van der Waals surface area contributed by atoms with Crippen LogP contribution < -0.4 is 5.73 Å². The van der Waals surface area contributed by atoms with Crippen molar-refractivity contribution < 1.29 is 4.79 Å². The number of aromatic nitrogens is 1. The number of rotatable bonds is 3. The molecule has 7 heteroatoms. The van der Waals surface area contributed by atoms with E-state index in [1.54, 1.807) is 4.90 Å². The van der Waals surface area contributed by atoms with E-state index in [0.717, 1.165) is 23.5 Å². The number of nitrogens with zero attached hydrogens (tertiary/aromatic N) is 2. The number of thiazole rings is 1. The summed E-state index contributed by atoms with van der Waals surface area (Å²) in [4.78, 5) is 18.7. The number of benzene rings is 1. The van der Waals surface area contributed by atoms with E-state index in [-0.39, 0.29) is 36.8 Å². The zero-order chi connectivity index (χ0) is 15.7. The molecule has 1 aromatic heterocycles. The van der Waals surface area contributed by atoms with Crippen molar-refractivity contribution >= 4 is 42.1 Å². The number of amides is 1. The molecule has 1 atom stereocenters. The minimum Gasteiger partial charge on any atom is -0.336 e. The third-order valence-corrected chi connectivity index (χ3v) is 4.95. The average Bonchev–Trinajstić information content (AvgIpc) is 3.15. The van der Waals surface area contributed by atoms with Crippen molar-refractivity contribution in [3.63, 3.8) is 0 Å². The monoisotopic (exact) mass is 387 g/mol. The van der Waals surface area contributed by atoms with Gasteiger partial charge in [-0.2, -0.15) is 0 Å². The highest BCUT2D eigenvalue weighted by Gasteiger charge is 2.26. The molecule has 1 aliphatic rings. The van der Waals surface area contributed by atoms with E-state index >= 15 is 0 Å². The van der Waals surface area contributed by atoms with Crippen LogP contribution in [0.25, 0.3) is 10.6 Å². The maximum absolute atomic E-state index is 12.4. The molecule has 132 valence electrons. The molecule has 2 heterocycles.